The number of hydrogen-bond acceptors (Lipinski definition) is 7. The van der Waals surface area contributed by atoms with Crippen LogP contribution >= 0.6 is 23.2 Å². The number of hydrazine groups is 1. The van der Waals surface area contributed by atoms with Crippen molar-refractivity contribution in [1.82, 2.24) is 10.0 Å². The average Bonchev–Trinajstić information content (AvgIpc) is 3.20. The molecule has 188 valence electrons. The van der Waals surface area contributed by atoms with E-state index in [1.54, 1.807) is 0 Å². The zero-order valence-electron chi connectivity index (χ0n) is 18.9. The van der Waals surface area contributed by atoms with Crippen molar-refractivity contribution >= 4 is 52.4 Å². The van der Waals surface area contributed by atoms with Gasteiger partial charge in [-0.05, 0) is 54.6 Å². The molecule has 0 bridgehead atoms. The molecule has 0 radical (unpaired) electrons. The number of carbonyl (C=O) groups excluding carboxylic acids is 4. The van der Waals surface area contributed by atoms with Gasteiger partial charge in [-0.3, -0.25) is 29.3 Å². The number of carbonyl (C=O) groups is 4. The lowest BCUT2D eigenvalue weighted by atomic mass is 10.1. The molecule has 1 saturated heterocycles. The number of non-ortho nitro benzene ring substituents is 1. The van der Waals surface area contributed by atoms with E-state index in [-0.39, 0.29) is 39.7 Å². The van der Waals surface area contributed by atoms with E-state index in [0.717, 1.165) is 5.01 Å². The second-order valence-electron chi connectivity index (χ2n) is 7.89. The third kappa shape index (κ3) is 5.76. The van der Waals surface area contributed by atoms with Crippen LogP contribution in [0.1, 0.15) is 33.6 Å². The lowest BCUT2D eigenvalue weighted by molar-refractivity contribution is -0.384. The summed E-state index contributed by atoms with van der Waals surface area (Å²) in [5.41, 5.74) is 0.0793. The highest BCUT2D eigenvalue weighted by molar-refractivity contribution is 6.36. The summed E-state index contributed by atoms with van der Waals surface area (Å²) in [7, 11) is 0. The molecule has 0 spiro atoms. The minimum atomic E-state index is -0.809. The van der Waals surface area contributed by atoms with Crippen LogP contribution in [0.2, 0.25) is 10.0 Å². The number of amides is 3. The first kappa shape index (κ1) is 25.8. The van der Waals surface area contributed by atoms with Crippen LogP contribution in [0.3, 0.4) is 0 Å². The number of hydrogen-bond donors (Lipinski definition) is 0. The highest BCUT2D eigenvalue weighted by atomic mass is 35.5. The topological polar surface area (TPSA) is 127 Å². The lowest BCUT2D eigenvalue weighted by Crippen LogP contribution is -2.51. The molecule has 3 amide bonds. The van der Waals surface area contributed by atoms with E-state index in [4.69, 9.17) is 27.9 Å². The number of ketones is 1. The van der Waals surface area contributed by atoms with Crippen molar-refractivity contribution in [3.05, 3.63) is 98.0 Å². The molecule has 1 fully saturated rings. The fourth-order valence-electron chi connectivity index (χ4n) is 3.58. The molecule has 0 N–H and O–H groups in total. The Morgan fingerprint density at radius 1 is 0.919 bits per heavy atom. The third-order valence-corrected chi connectivity index (χ3v) is 5.96. The van der Waals surface area contributed by atoms with Gasteiger partial charge in [-0.1, -0.05) is 23.2 Å². The van der Waals surface area contributed by atoms with Gasteiger partial charge in [-0.15, -0.1) is 0 Å². The van der Waals surface area contributed by atoms with E-state index in [9.17, 15) is 29.3 Å². The molecule has 0 aliphatic carbocycles. The number of Topliss-reactive ketones (excluding diaryl/α,β-unsaturated/α-hetero) is 1. The maximum atomic E-state index is 13.3. The molecule has 12 heteroatoms. The van der Waals surface area contributed by atoms with Gasteiger partial charge in [0.05, 0.1) is 15.5 Å². The van der Waals surface area contributed by atoms with Crippen molar-refractivity contribution in [2.24, 2.45) is 0 Å². The Bertz CT molecular complexity index is 1390. The van der Waals surface area contributed by atoms with Crippen LogP contribution in [0.4, 0.5) is 5.69 Å². The second-order valence-corrected chi connectivity index (χ2v) is 8.73. The number of imide groups is 1. The number of ether oxygens (including phenoxy) is 1. The molecule has 0 atom stereocenters. The summed E-state index contributed by atoms with van der Waals surface area (Å²) in [5, 5.41) is 12.5. The molecule has 4 rings (SSSR count). The molecule has 10 nitrogen and oxygen atoms in total. The Labute approximate surface area is 220 Å². The number of benzene rings is 3. The minimum Gasteiger partial charge on any atom is -0.457 e. The maximum Gasteiger partial charge on any atom is 0.274 e. The first-order chi connectivity index (χ1) is 17.6. The number of nitrogens with zero attached hydrogens (tertiary/aromatic N) is 3. The summed E-state index contributed by atoms with van der Waals surface area (Å²) in [5.74, 6) is -1.86. The predicted octanol–water partition coefficient (Wildman–Crippen LogP) is 5.08. The Hall–Kier alpha value is -4.28. The molecule has 1 aliphatic heterocycles. The summed E-state index contributed by atoms with van der Waals surface area (Å²) >= 11 is 12.1. The van der Waals surface area contributed by atoms with Gasteiger partial charge in [0, 0.05) is 35.6 Å². The normalized spacial score (nSPS) is 13.0. The van der Waals surface area contributed by atoms with Gasteiger partial charge in [0.15, 0.2) is 5.78 Å². The Morgan fingerprint density at radius 2 is 1.49 bits per heavy atom. The summed E-state index contributed by atoms with van der Waals surface area (Å²) in [6.07, 6.45) is -0.167. The Balaban J connectivity index is 1.53. The molecule has 3 aromatic rings. The predicted molar refractivity (Wildman–Crippen MR) is 133 cm³/mol. The van der Waals surface area contributed by atoms with Crippen molar-refractivity contribution in [3.63, 3.8) is 0 Å². The van der Waals surface area contributed by atoms with Crippen molar-refractivity contribution in [1.29, 1.82) is 0 Å². The zero-order chi connectivity index (χ0) is 26.7. The Kier molecular flexibility index (Phi) is 7.51. The standard InChI is InChI=1S/C25H17Cl2N3O7/c26-16-3-10-20(21(27)13-16)25(34)28(29-23(32)11-12-24(29)33)14-22(31)15-1-6-18(7-2-15)37-19-8-4-17(5-9-19)30(35)36/h1-10,13H,11-12,14H2. The Morgan fingerprint density at radius 3 is 2.03 bits per heavy atom. The van der Waals surface area contributed by atoms with E-state index < -0.39 is 35.0 Å². The zero-order valence-corrected chi connectivity index (χ0v) is 20.4. The molecule has 3 aromatic carbocycles. The second kappa shape index (κ2) is 10.8. The van der Waals surface area contributed by atoms with Crippen molar-refractivity contribution in [3.8, 4) is 11.5 Å². The molecule has 37 heavy (non-hydrogen) atoms. The maximum absolute atomic E-state index is 13.3. The number of nitro groups is 1. The van der Waals surface area contributed by atoms with Crippen LogP contribution in [-0.2, 0) is 9.59 Å². The SMILES string of the molecule is O=C(CN(C(=O)c1ccc(Cl)cc1Cl)N1C(=O)CCC1=O)c1ccc(Oc2ccc([N+](=O)[O-])cc2)cc1. The van der Waals surface area contributed by atoms with Gasteiger partial charge in [0.1, 0.15) is 18.0 Å². The summed E-state index contributed by atoms with van der Waals surface area (Å²) in [6, 6.07) is 15.5. The van der Waals surface area contributed by atoms with Gasteiger partial charge in [-0.2, -0.15) is 5.01 Å². The first-order valence-corrected chi connectivity index (χ1v) is 11.6. The van der Waals surface area contributed by atoms with Gasteiger partial charge in [-0.25, -0.2) is 5.01 Å². The highest BCUT2D eigenvalue weighted by Crippen LogP contribution is 2.27. The van der Waals surface area contributed by atoms with Crippen LogP contribution in [0.5, 0.6) is 11.5 Å². The van der Waals surface area contributed by atoms with Crippen LogP contribution in [0.25, 0.3) is 0 Å². The first-order valence-electron chi connectivity index (χ1n) is 10.8. The third-order valence-electron chi connectivity index (χ3n) is 5.42. The van der Waals surface area contributed by atoms with Gasteiger partial charge < -0.3 is 4.74 Å². The van der Waals surface area contributed by atoms with E-state index in [1.807, 2.05) is 0 Å². The highest BCUT2D eigenvalue weighted by Gasteiger charge is 2.38. The largest absolute Gasteiger partial charge is 0.457 e. The fraction of sp³-hybridized carbons (Fsp3) is 0.120. The number of rotatable bonds is 8. The quantitative estimate of drug-likeness (QED) is 0.168. The summed E-state index contributed by atoms with van der Waals surface area (Å²) < 4.78 is 5.64. The van der Waals surface area contributed by atoms with Crippen LogP contribution in [0.15, 0.2) is 66.7 Å². The minimum absolute atomic E-state index is 0.00166. The van der Waals surface area contributed by atoms with Gasteiger partial charge >= 0.3 is 0 Å². The average molecular weight is 542 g/mol. The molecule has 1 heterocycles. The van der Waals surface area contributed by atoms with Crippen molar-refractivity contribution in [2.75, 3.05) is 6.54 Å². The van der Waals surface area contributed by atoms with E-state index >= 15 is 0 Å². The van der Waals surface area contributed by atoms with E-state index in [1.165, 1.54) is 66.7 Å². The van der Waals surface area contributed by atoms with Gasteiger partial charge in [0.25, 0.3) is 11.6 Å². The van der Waals surface area contributed by atoms with Crippen LogP contribution in [0, 0.1) is 10.1 Å². The summed E-state index contributed by atoms with van der Waals surface area (Å²) in [6.45, 7) is -0.599. The monoisotopic (exact) mass is 541 g/mol. The molecular formula is C25H17Cl2N3O7. The van der Waals surface area contributed by atoms with E-state index in [0.29, 0.717) is 16.5 Å². The fourth-order valence-corrected chi connectivity index (χ4v) is 4.07. The van der Waals surface area contributed by atoms with Gasteiger partial charge in [0.2, 0.25) is 11.8 Å². The molecule has 0 unspecified atom stereocenters. The molecular weight excluding hydrogens is 525 g/mol. The van der Waals surface area contributed by atoms with Crippen molar-refractivity contribution in [2.45, 2.75) is 12.8 Å². The smallest absolute Gasteiger partial charge is 0.274 e. The molecule has 1 aliphatic rings. The number of halogens is 2. The molecule has 0 saturated carbocycles. The van der Waals surface area contributed by atoms with E-state index in [2.05, 4.69) is 0 Å². The summed E-state index contributed by atoms with van der Waals surface area (Å²) in [4.78, 5) is 61.4. The molecule has 0 aromatic heterocycles. The van der Waals surface area contributed by atoms with Crippen LogP contribution in [-0.4, -0.2) is 45.0 Å². The lowest BCUT2D eigenvalue weighted by Gasteiger charge is -2.29. The number of nitro benzene ring substituents is 1. The van der Waals surface area contributed by atoms with Crippen molar-refractivity contribution < 1.29 is 28.8 Å². The van der Waals surface area contributed by atoms with Crippen LogP contribution < -0.4 is 4.74 Å².